The Labute approximate surface area is 241 Å². The smallest absolute Gasteiger partial charge is 0.340 e. The van der Waals surface area contributed by atoms with Gasteiger partial charge >= 0.3 is 23.9 Å². The van der Waals surface area contributed by atoms with Gasteiger partial charge in [-0.25, -0.2) is 19.2 Å². The Bertz CT molecular complexity index is 1390. The summed E-state index contributed by atoms with van der Waals surface area (Å²) in [5, 5.41) is 0. The summed E-state index contributed by atoms with van der Waals surface area (Å²) < 4.78 is 28.7. The van der Waals surface area contributed by atoms with Gasteiger partial charge in [-0.3, -0.25) is 0 Å². The van der Waals surface area contributed by atoms with Crippen LogP contribution < -0.4 is 0 Å². The van der Waals surface area contributed by atoms with E-state index in [0.717, 1.165) is 0 Å². The molecule has 1 aliphatic heterocycles. The van der Waals surface area contributed by atoms with E-state index < -0.39 is 48.5 Å². The number of hydrogen-bond acceptors (Lipinski definition) is 9. The molecule has 0 N–H and O–H groups in total. The van der Waals surface area contributed by atoms with Crippen molar-refractivity contribution in [3.05, 3.63) is 144 Å². The summed E-state index contributed by atoms with van der Waals surface area (Å²) in [4.78, 5) is 52.4. The molecule has 0 spiro atoms. The Hall–Kier alpha value is -5.28. The Kier molecular flexibility index (Phi) is 9.00. The molecule has 0 radical (unpaired) electrons. The standard InChI is InChI=1S/C33H26O9/c34-29(22-13-5-1-6-14-22)39-26-21-38-33(42-32(37)25-19-11-4-12-20-25)28(41-31(36)24-17-9-3-10-18-24)27(26)40-30(35)23-15-7-2-8-16-23/h1-20,26-28,33H,21H2/t26-,27-,28-,33?/m1/s1. The molecule has 0 aliphatic carbocycles. The van der Waals surface area contributed by atoms with Crippen molar-refractivity contribution in [2.75, 3.05) is 6.61 Å². The Balaban J connectivity index is 1.48. The van der Waals surface area contributed by atoms with Crippen LogP contribution in [-0.4, -0.2) is 55.1 Å². The van der Waals surface area contributed by atoms with E-state index in [4.69, 9.17) is 23.7 Å². The van der Waals surface area contributed by atoms with Crippen molar-refractivity contribution in [3.8, 4) is 0 Å². The summed E-state index contributed by atoms with van der Waals surface area (Å²) in [5.41, 5.74) is 0.885. The second kappa shape index (κ2) is 13.4. The van der Waals surface area contributed by atoms with Crippen molar-refractivity contribution < 1.29 is 42.9 Å². The molecule has 0 aromatic heterocycles. The molecule has 0 bridgehead atoms. The summed E-state index contributed by atoms with van der Waals surface area (Å²) in [6, 6.07) is 32.6. The molecular weight excluding hydrogens is 540 g/mol. The topological polar surface area (TPSA) is 114 Å². The highest BCUT2D eigenvalue weighted by Crippen LogP contribution is 2.28. The molecule has 42 heavy (non-hydrogen) atoms. The summed E-state index contributed by atoms with van der Waals surface area (Å²) in [5.74, 6) is -3.02. The number of ether oxygens (including phenoxy) is 5. The zero-order valence-electron chi connectivity index (χ0n) is 22.2. The van der Waals surface area contributed by atoms with Crippen molar-refractivity contribution in [1.82, 2.24) is 0 Å². The van der Waals surface area contributed by atoms with Crippen LogP contribution in [0.25, 0.3) is 0 Å². The van der Waals surface area contributed by atoms with Crippen LogP contribution in [0.1, 0.15) is 41.4 Å². The normalized spacial score (nSPS) is 19.6. The number of hydrogen-bond donors (Lipinski definition) is 0. The van der Waals surface area contributed by atoms with E-state index in [-0.39, 0.29) is 28.9 Å². The molecule has 1 fully saturated rings. The van der Waals surface area contributed by atoms with Gasteiger partial charge in [0.1, 0.15) is 0 Å². The predicted molar refractivity (Wildman–Crippen MR) is 149 cm³/mol. The van der Waals surface area contributed by atoms with Crippen LogP contribution in [0.5, 0.6) is 0 Å². The molecule has 4 atom stereocenters. The number of carbonyl (C=O) groups is 4. The lowest BCUT2D eigenvalue weighted by Gasteiger charge is -2.40. The van der Waals surface area contributed by atoms with E-state index >= 15 is 0 Å². The summed E-state index contributed by atoms with van der Waals surface area (Å²) in [7, 11) is 0. The van der Waals surface area contributed by atoms with E-state index in [9.17, 15) is 19.2 Å². The molecule has 4 aromatic carbocycles. The van der Waals surface area contributed by atoms with E-state index in [2.05, 4.69) is 0 Å². The number of esters is 4. The van der Waals surface area contributed by atoms with Crippen LogP contribution in [0, 0.1) is 0 Å². The number of carbonyl (C=O) groups excluding carboxylic acids is 4. The fourth-order valence-corrected chi connectivity index (χ4v) is 4.27. The van der Waals surface area contributed by atoms with Crippen molar-refractivity contribution >= 4 is 23.9 Å². The van der Waals surface area contributed by atoms with Crippen LogP contribution in [0.3, 0.4) is 0 Å². The maximum Gasteiger partial charge on any atom is 0.340 e. The second-order valence-electron chi connectivity index (χ2n) is 9.25. The molecule has 0 saturated carbocycles. The highest BCUT2D eigenvalue weighted by molar-refractivity contribution is 5.91. The van der Waals surface area contributed by atoms with E-state index in [1.165, 1.54) is 12.1 Å². The highest BCUT2D eigenvalue weighted by atomic mass is 16.7. The van der Waals surface area contributed by atoms with Gasteiger partial charge in [0.05, 0.1) is 28.9 Å². The lowest BCUT2D eigenvalue weighted by atomic mass is 10.0. The Morgan fingerprint density at radius 1 is 0.452 bits per heavy atom. The minimum Gasteiger partial charge on any atom is -0.452 e. The summed E-state index contributed by atoms with van der Waals surface area (Å²) in [6.07, 6.45) is -5.61. The third kappa shape index (κ3) is 6.89. The highest BCUT2D eigenvalue weighted by Gasteiger charge is 2.50. The minimum absolute atomic E-state index is 0.196. The minimum atomic E-state index is -1.50. The van der Waals surface area contributed by atoms with Crippen LogP contribution >= 0.6 is 0 Å². The molecular formula is C33H26O9. The van der Waals surface area contributed by atoms with Crippen LogP contribution in [-0.2, 0) is 23.7 Å². The molecule has 5 rings (SSSR count). The third-order valence-electron chi connectivity index (χ3n) is 6.39. The number of benzene rings is 4. The molecule has 9 heteroatoms. The average Bonchev–Trinajstić information content (AvgIpc) is 3.05. The van der Waals surface area contributed by atoms with Crippen molar-refractivity contribution in [2.45, 2.75) is 24.6 Å². The van der Waals surface area contributed by atoms with E-state index in [1.807, 2.05) is 0 Å². The maximum absolute atomic E-state index is 13.2. The summed E-state index contributed by atoms with van der Waals surface area (Å²) >= 11 is 0. The molecule has 0 amide bonds. The quantitative estimate of drug-likeness (QED) is 0.218. The lowest BCUT2D eigenvalue weighted by Crippen LogP contribution is -2.58. The zero-order chi connectivity index (χ0) is 29.3. The molecule has 1 heterocycles. The van der Waals surface area contributed by atoms with Crippen LogP contribution in [0.2, 0.25) is 0 Å². The van der Waals surface area contributed by atoms with Crippen LogP contribution in [0.15, 0.2) is 121 Å². The monoisotopic (exact) mass is 566 g/mol. The second-order valence-corrected chi connectivity index (χ2v) is 9.25. The zero-order valence-corrected chi connectivity index (χ0v) is 22.2. The maximum atomic E-state index is 13.2. The van der Waals surface area contributed by atoms with Crippen molar-refractivity contribution in [1.29, 1.82) is 0 Å². The molecule has 9 nitrogen and oxygen atoms in total. The van der Waals surface area contributed by atoms with Crippen LogP contribution in [0.4, 0.5) is 0 Å². The van der Waals surface area contributed by atoms with Gasteiger partial charge in [0.2, 0.25) is 12.4 Å². The molecule has 1 unspecified atom stereocenters. The first-order valence-corrected chi connectivity index (χ1v) is 13.2. The number of rotatable bonds is 8. The molecule has 1 saturated heterocycles. The van der Waals surface area contributed by atoms with E-state index in [1.54, 1.807) is 109 Å². The van der Waals surface area contributed by atoms with Gasteiger partial charge in [-0.15, -0.1) is 0 Å². The van der Waals surface area contributed by atoms with E-state index in [0.29, 0.717) is 0 Å². The van der Waals surface area contributed by atoms with Gasteiger partial charge in [-0.1, -0.05) is 72.8 Å². The van der Waals surface area contributed by atoms with Gasteiger partial charge < -0.3 is 23.7 Å². The van der Waals surface area contributed by atoms with Crippen molar-refractivity contribution in [2.24, 2.45) is 0 Å². The molecule has 212 valence electrons. The van der Waals surface area contributed by atoms with Gasteiger partial charge in [-0.05, 0) is 48.5 Å². The first kappa shape index (κ1) is 28.3. The average molecular weight is 567 g/mol. The van der Waals surface area contributed by atoms with Gasteiger partial charge in [0.15, 0.2) is 12.2 Å². The first-order valence-electron chi connectivity index (χ1n) is 13.2. The fraction of sp³-hybridized carbons (Fsp3) is 0.152. The van der Waals surface area contributed by atoms with Gasteiger partial charge in [0.25, 0.3) is 0 Å². The van der Waals surface area contributed by atoms with Crippen molar-refractivity contribution in [3.63, 3.8) is 0 Å². The Morgan fingerprint density at radius 2 is 0.786 bits per heavy atom. The lowest BCUT2D eigenvalue weighted by molar-refractivity contribution is -0.250. The van der Waals surface area contributed by atoms with Gasteiger partial charge in [0, 0.05) is 0 Å². The van der Waals surface area contributed by atoms with Gasteiger partial charge in [-0.2, -0.15) is 0 Å². The molecule has 1 aliphatic rings. The Morgan fingerprint density at radius 3 is 1.19 bits per heavy atom. The molecule has 4 aromatic rings. The first-order chi connectivity index (χ1) is 20.5. The fourth-order valence-electron chi connectivity index (χ4n) is 4.27. The third-order valence-corrected chi connectivity index (χ3v) is 6.39. The predicted octanol–water partition coefficient (Wildman–Crippen LogP) is 4.88. The SMILES string of the molecule is O=C(OC1OC[C@@H](OC(=O)c2ccccc2)[C@@H](OC(=O)c2ccccc2)[C@H]1OC(=O)c1ccccc1)c1ccccc1. The summed E-state index contributed by atoms with van der Waals surface area (Å²) in [6.45, 7) is -0.322. The largest absolute Gasteiger partial charge is 0.452 e.